The molecule has 1 heterocycles. The third kappa shape index (κ3) is 3.77. The molecule has 1 atom stereocenters. The fourth-order valence-electron chi connectivity index (χ4n) is 2.74. The molecular formula is C14H19N3O4. The van der Waals surface area contributed by atoms with Crippen LogP contribution in [0.4, 0.5) is 5.69 Å². The number of hydrogen-bond donors (Lipinski definition) is 2. The molecule has 0 bridgehead atoms. The maximum Gasteiger partial charge on any atom is 0.343 e. The monoisotopic (exact) mass is 293 g/mol. The van der Waals surface area contributed by atoms with E-state index in [1.54, 1.807) is 6.07 Å². The Morgan fingerprint density at radius 1 is 1.57 bits per heavy atom. The summed E-state index contributed by atoms with van der Waals surface area (Å²) in [4.78, 5) is 23.8. The normalized spacial score (nSPS) is 18.8. The van der Waals surface area contributed by atoms with Gasteiger partial charge in [0.1, 0.15) is 5.56 Å². The van der Waals surface area contributed by atoms with Gasteiger partial charge in [-0.2, -0.15) is 0 Å². The molecule has 0 spiro atoms. The predicted molar refractivity (Wildman–Crippen MR) is 77.4 cm³/mol. The number of hydrogen-bond acceptors (Lipinski definition) is 5. The van der Waals surface area contributed by atoms with Crippen LogP contribution in [0.25, 0.3) is 0 Å². The topological polar surface area (TPSA) is 95.7 Å². The van der Waals surface area contributed by atoms with Crippen LogP contribution >= 0.6 is 0 Å². The number of carboxylic acid groups (broad SMARTS) is 1. The smallest absolute Gasteiger partial charge is 0.343 e. The van der Waals surface area contributed by atoms with Crippen LogP contribution in [0.15, 0.2) is 18.2 Å². The number of nitrogens with one attached hydrogen (secondary N) is 1. The van der Waals surface area contributed by atoms with Gasteiger partial charge >= 0.3 is 5.97 Å². The molecular weight excluding hydrogens is 274 g/mol. The van der Waals surface area contributed by atoms with Crippen molar-refractivity contribution in [3.8, 4) is 0 Å². The summed E-state index contributed by atoms with van der Waals surface area (Å²) in [5.74, 6) is -0.721. The van der Waals surface area contributed by atoms with E-state index < -0.39 is 10.9 Å². The third-order valence-corrected chi connectivity index (χ3v) is 3.78. The van der Waals surface area contributed by atoms with Gasteiger partial charge in [-0.15, -0.1) is 0 Å². The molecule has 7 heteroatoms. The van der Waals surface area contributed by atoms with E-state index >= 15 is 0 Å². The molecule has 1 aliphatic rings. The molecule has 1 aromatic rings. The number of carbonyl (C=O) groups is 1. The number of likely N-dealkylation sites (tertiary alicyclic amines) is 1. The second-order valence-electron chi connectivity index (χ2n) is 5.42. The Bertz CT molecular complexity index is 547. The van der Waals surface area contributed by atoms with Gasteiger partial charge < -0.3 is 15.3 Å². The second kappa shape index (κ2) is 6.64. The second-order valence-corrected chi connectivity index (χ2v) is 5.42. The summed E-state index contributed by atoms with van der Waals surface area (Å²) in [5.41, 5.74) is -0.135. The van der Waals surface area contributed by atoms with Gasteiger partial charge in [0.15, 0.2) is 0 Å². The summed E-state index contributed by atoms with van der Waals surface area (Å²) < 4.78 is 0. The van der Waals surface area contributed by atoms with Crippen molar-refractivity contribution in [3.05, 3.63) is 39.4 Å². The van der Waals surface area contributed by atoms with Crippen LogP contribution in [-0.2, 0) is 6.54 Å². The van der Waals surface area contributed by atoms with Crippen LogP contribution in [0, 0.1) is 16.0 Å². The van der Waals surface area contributed by atoms with Crippen LogP contribution in [0.5, 0.6) is 0 Å². The maximum atomic E-state index is 11.3. The third-order valence-electron chi connectivity index (χ3n) is 3.78. The molecule has 0 amide bonds. The quantitative estimate of drug-likeness (QED) is 0.607. The first-order valence-corrected chi connectivity index (χ1v) is 6.88. The minimum atomic E-state index is -1.26. The molecule has 2 N–H and O–H groups in total. The van der Waals surface area contributed by atoms with Crippen LogP contribution < -0.4 is 5.32 Å². The number of benzene rings is 1. The van der Waals surface area contributed by atoms with Gasteiger partial charge in [-0.25, -0.2) is 4.79 Å². The molecule has 2 rings (SSSR count). The molecule has 1 aromatic carbocycles. The van der Waals surface area contributed by atoms with Gasteiger partial charge in [-0.1, -0.05) is 12.1 Å². The zero-order valence-corrected chi connectivity index (χ0v) is 11.9. The Labute approximate surface area is 122 Å². The van der Waals surface area contributed by atoms with Crippen LogP contribution in [0.1, 0.15) is 22.3 Å². The first-order chi connectivity index (χ1) is 9.99. The van der Waals surface area contributed by atoms with Crippen molar-refractivity contribution in [2.75, 3.05) is 26.7 Å². The summed E-state index contributed by atoms with van der Waals surface area (Å²) in [6.45, 7) is 3.20. The molecule has 1 unspecified atom stereocenters. The molecule has 7 nitrogen and oxygen atoms in total. The highest BCUT2D eigenvalue weighted by Gasteiger charge is 2.24. The molecule has 0 radical (unpaired) electrons. The molecule has 0 aromatic heterocycles. The SMILES string of the molecule is CN1CCC(CNCc2cccc([N+](=O)[O-])c2C(=O)O)C1. The molecule has 1 fully saturated rings. The zero-order valence-electron chi connectivity index (χ0n) is 11.9. The van der Waals surface area contributed by atoms with E-state index in [2.05, 4.69) is 17.3 Å². The lowest BCUT2D eigenvalue weighted by Crippen LogP contribution is -2.25. The van der Waals surface area contributed by atoms with Crippen LogP contribution in [-0.4, -0.2) is 47.6 Å². The van der Waals surface area contributed by atoms with Crippen molar-refractivity contribution in [2.24, 2.45) is 5.92 Å². The van der Waals surface area contributed by atoms with Crippen molar-refractivity contribution in [2.45, 2.75) is 13.0 Å². The van der Waals surface area contributed by atoms with Gasteiger partial charge in [-0.3, -0.25) is 10.1 Å². The number of carboxylic acids is 1. The molecule has 114 valence electrons. The zero-order chi connectivity index (χ0) is 15.4. The van der Waals surface area contributed by atoms with Gasteiger partial charge in [-0.05, 0) is 38.0 Å². The van der Waals surface area contributed by atoms with Crippen molar-refractivity contribution < 1.29 is 14.8 Å². The van der Waals surface area contributed by atoms with Crippen LogP contribution in [0.3, 0.4) is 0 Å². The summed E-state index contributed by atoms with van der Waals surface area (Å²) in [6.07, 6.45) is 1.12. The van der Waals surface area contributed by atoms with E-state index in [0.29, 0.717) is 18.0 Å². The Morgan fingerprint density at radius 3 is 2.90 bits per heavy atom. The van der Waals surface area contributed by atoms with Crippen molar-refractivity contribution in [3.63, 3.8) is 0 Å². The minimum absolute atomic E-state index is 0.224. The molecule has 0 saturated carbocycles. The Morgan fingerprint density at radius 2 is 2.33 bits per heavy atom. The number of rotatable bonds is 6. The Hall–Kier alpha value is -1.99. The highest BCUT2D eigenvalue weighted by Crippen LogP contribution is 2.22. The lowest BCUT2D eigenvalue weighted by Gasteiger charge is -2.12. The molecule has 0 aliphatic carbocycles. The molecule has 1 saturated heterocycles. The van der Waals surface area contributed by atoms with Crippen molar-refractivity contribution in [1.82, 2.24) is 10.2 Å². The predicted octanol–water partition coefficient (Wildman–Crippen LogP) is 1.33. The highest BCUT2D eigenvalue weighted by molar-refractivity contribution is 5.94. The lowest BCUT2D eigenvalue weighted by molar-refractivity contribution is -0.385. The largest absolute Gasteiger partial charge is 0.477 e. The standard InChI is InChI=1S/C14H19N3O4/c1-16-6-5-10(9-16)7-15-8-11-3-2-4-12(17(20)21)13(11)14(18)19/h2-4,10,15H,5-9H2,1H3,(H,18,19). The van der Waals surface area contributed by atoms with E-state index in [0.717, 1.165) is 26.1 Å². The lowest BCUT2D eigenvalue weighted by atomic mass is 10.0. The Kier molecular flexibility index (Phi) is 4.87. The number of nitrogens with zero attached hydrogens (tertiary/aromatic N) is 2. The fourth-order valence-corrected chi connectivity index (χ4v) is 2.74. The van der Waals surface area contributed by atoms with E-state index in [9.17, 15) is 20.0 Å². The van der Waals surface area contributed by atoms with Crippen molar-refractivity contribution >= 4 is 11.7 Å². The van der Waals surface area contributed by atoms with Crippen LogP contribution in [0.2, 0.25) is 0 Å². The fraction of sp³-hybridized carbons (Fsp3) is 0.500. The number of nitro benzene ring substituents is 1. The van der Waals surface area contributed by atoms with E-state index in [1.807, 2.05) is 0 Å². The number of aromatic carboxylic acids is 1. The average molecular weight is 293 g/mol. The summed E-state index contributed by atoms with van der Waals surface area (Å²) >= 11 is 0. The summed E-state index contributed by atoms with van der Waals surface area (Å²) in [6, 6.07) is 4.36. The molecule has 21 heavy (non-hydrogen) atoms. The Balaban J connectivity index is 2.04. The summed E-state index contributed by atoms with van der Waals surface area (Å²) in [5, 5.41) is 23.3. The first-order valence-electron chi connectivity index (χ1n) is 6.88. The minimum Gasteiger partial charge on any atom is -0.477 e. The van der Waals surface area contributed by atoms with E-state index in [4.69, 9.17) is 0 Å². The summed E-state index contributed by atoms with van der Waals surface area (Å²) in [7, 11) is 2.07. The van der Waals surface area contributed by atoms with Gasteiger partial charge in [0.2, 0.25) is 0 Å². The average Bonchev–Trinajstić information content (AvgIpc) is 2.83. The van der Waals surface area contributed by atoms with Gasteiger partial charge in [0.05, 0.1) is 4.92 Å². The first kappa shape index (κ1) is 15.4. The maximum absolute atomic E-state index is 11.3. The van der Waals surface area contributed by atoms with Gasteiger partial charge in [0.25, 0.3) is 5.69 Å². The highest BCUT2D eigenvalue weighted by atomic mass is 16.6. The molecule has 1 aliphatic heterocycles. The van der Waals surface area contributed by atoms with E-state index in [1.165, 1.54) is 12.1 Å². The van der Waals surface area contributed by atoms with E-state index in [-0.39, 0.29) is 11.3 Å². The van der Waals surface area contributed by atoms with Crippen molar-refractivity contribution in [1.29, 1.82) is 0 Å². The van der Waals surface area contributed by atoms with Gasteiger partial charge in [0, 0.05) is 19.2 Å². The number of nitro groups is 1.